The highest BCUT2D eigenvalue weighted by molar-refractivity contribution is 5.86. The Balaban J connectivity index is 2.45. The molecule has 0 heterocycles. The fourth-order valence-electron chi connectivity index (χ4n) is 4.21. The number of allylic oxidation sites excluding steroid dienone is 4. The standard InChI is InChI=1S/C25H33FN2O/c1-5-11-18(6-2)23(25(3,4)24(26)29)19-14-15-22(20(16-19)17-27)28-21-12-9-7-8-10-13-21/h5-6,11,14-17,21,23,27-28H,1-2,7-10,12-13H2,3-4H3/b18-11+,27-17?. The molecule has 0 radical (unpaired) electrons. The molecule has 4 heteroatoms. The van der Waals surface area contributed by atoms with Crippen LogP contribution >= 0.6 is 0 Å². The lowest BCUT2D eigenvalue weighted by molar-refractivity contribution is -0.139. The molecule has 29 heavy (non-hydrogen) atoms. The zero-order chi connectivity index (χ0) is 21.4. The lowest BCUT2D eigenvalue weighted by Crippen LogP contribution is -2.30. The van der Waals surface area contributed by atoms with Gasteiger partial charge in [-0.2, -0.15) is 4.39 Å². The Morgan fingerprint density at radius 1 is 1.24 bits per heavy atom. The highest BCUT2D eigenvalue weighted by Crippen LogP contribution is 2.43. The summed E-state index contributed by atoms with van der Waals surface area (Å²) in [4.78, 5) is 11.8. The zero-order valence-corrected chi connectivity index (χ0v) is 17.6. The summed E-state index contributed by atoms with van der Waals surface area (Å²) in [5.74, 6) is -0.527. The van der Waals surface area contributed by atoms with Gasteiger partial charge in [-0.1, -0.05) is 63.1 Å². The van der Waals surface area contributed by atoms with Crippen LogP contribution in [0.2, 0.25) is 0 Å². The number of benzene rings is 1. The second kappa shape index (κ2) is 10.3. The van der Waals surface area contributed by atoms with E-state index in [-0.39, 0.29) is 0 Å². The monoisotopic (exact) mass is 396 g/mol. The van der Waals surface area contributed by atoms with E-state index in [0.29, 0.717) is 6.04 Å². The average Bonchev–Trinajstić information content (AvgIpc) is 2.96. The van der Waals surface area contributed by atoms with Gasteiger partial charge < -0.3 is 10.7 Å². The van der Waals surface area contributed by atoms with Crippen LogP contribution in [0.3, 0.4) is 0 Å². The van der Waals surface area contributed by atoms with Gasteiger partial charge in [0.15, 0.2) is 0 Å². The van der Waals surface area contributed by atoms with E-state index in [1.54, 1.807) is 32.1 Å². The molecule has 0 spiro atoms. The van der Waals surface area contributed by atoms with Crippen LogP contribution in [0.5, 0.6) is 0 Å². The number of anilines is 1. The second-order valence-electron chi connectivity index (χ2n) is 8.36. The van der Waals surface area contributed by atoms with Crippen molar-refractivity contribution >= 4 is 17.9 Å². The largest absolute Gasteiger partial charge is 0.382 e. The van der Waals surface area contributed by atoms with Gasteiger partial charge in [0.25, 0.3) is 0 Å². The molecule has 0 aromatic heterocycles. The van der Waals surface area contributed by atoms with Crippen molar-refractivity contribution in [3.05, 3.63) is 66.3 Å². The third kappa shape index (κ3) is 5.53. The van der Waals surface area contributed by atoms with Gasteiger partial charge in [0.2, 0.25) is 0 Å². The predicted molar refractivity (Wildman–Crippen MR) is 121 cm³/mol. The maximum atomic E-state index is 14.0. The van der Waals surface area contributed by atoms with Crippen LogP contribution in [0, 0.1) is 10.8 Å². The van der Waals surface area contributed by atoms with Crippen LogP contribution < -0.4 is 5.32 Å². The summed E-state index contributed by atoms with van der Waals surface area (Å²) in [5, 5.41) is 11.5. The number of rotatable bonds is 9. The van der Waals surface area contributed by atoms with Crippen molar-refractivity contribution in [2.45, 2.75) is 64.3 Å². The van der Waals surface area contributed by atoms with Crippen molar-refractivity contribution < 1.29 is 9.18 Å². The number of hydrogen-bond acceptors (Lipinski definition) is 3. The van der Waals surface area contributed by atoms with Gasteiger partial charge in [-0.15, -0.1) is 0 Å². The van der Waals surface area contributed by atoms with E-state index in [4.69, 9.17) is 5.41 Å². The molecule has 1 aliphatic rings. The number of hydrogen-bond donors (Lipinski definition) is 2. The SMILES string of the molecule is C=C/C=C(\C=C)C(c1ccc(NC2CCCCCC2)c(C=N)c1)C(C)(C)C(=O)F. The first-order chi connectivity index (χ1) is 13.8. The molecule has 1 aliphatic carbocycles. The number of halogens is 1. The summed E-state index contributed by atoms with van der Waals surface area (Å²) in [6, 6.07) is 4.77. The molecule has 0 saturated heterocycles. The van der Waals surface area contributed by atoms with Crippen molar-refractivity contribution in [1.82, 2.24) is 0 Å². The minimum Gasteiger partial charge on any atom is -0.382 e. The average molecular weight is 397 g/mol. The van der Waals surface area contributed by atoms with Crippen molar-refractivity contribution in [1.29, 1.82) is 5.41 Å². The van der Waals surface area contributed by atoms with Crippen LogP contribution in [0.1, 0.15) is 69.4 Å². The second-order valence-corrected chi connectivity index (χ2v) is 8.36. The Bertz CT molecular complexity index is 786. The lowest BCUT2D eigenvalue weighted by atomic mass is 9.70. The summed E-state index contributed by atoms with van der Waals surface area (Å²) in [6.45, 7) is 10.8. The van der Waals surface area contributed by atoms with E-state index in [2.05, 4.69) is 18.5 Å². The van der Waals surface area contributed by atoms with Crippen LogP contribution in [-0.4, -0.2) is 18.3 Å². The van der Waals surface area contributed by atoms with E-state index in [9.17, 15) is 9.18 Å². The fraction of sp³-hybridized carbons (Fsp3) is 0.440. The van der Waals surface area contributed by atoms with Gasteiger partial charge in [-0.05, 0) is 50.0 Å². The van der Waals surface area contributed by atoms with Crippen LogP contribution in [0.4, 0.5) is 10.1 Å². The number of carbonyl (C=O) groups excluding carboxylic acids is 1. The zero-order valence-electron chi connectivity index (χ0n) is 17.6. The summed E-state index contributed by atoms with van der Waals surface area (Å²) < 4.78 is 14.0. The van der Waals surface area contributed by atoms with Crippen molar-refractivity contribution in [2.24, 2.45) is 5.41 Å². The molecule has 1 atom stereocenters. The Morgan fingerprint density at radius 3 is 2.41 bits per heavy atom. The summed E-state index contributed by atoms with van der Waals surface area (Å²) in [6.07, 6.45) is 13.6. The van der Waals surface area contributed by atoms with Crippen molar-refractivity contribution in [3.8, 4) is 0 Å². The van der Waals surface area contributed by atoms with Crippen LogP contribution in [0.15, 0.2) is 55.2 Å². The molecule has 1 unspecified atom stereocenters. The minimum atomic E-state index is -1.38. The van der Waals surface area contributed by atoms with E-state index in [0.717, 1.165) is 35.2 Å². The minimum absolute atomic E-state index is 0.408. The quantitative estimate of drug-likeness (QED) is 0.211. The van der Waals surface area contributed by atoms with Gasteiger partial charge >= 0.3 is 6.04 Å². The third-order valence-electron chi connectivity index (χ3n) is 5.89. The first-order valence-corrected chi connectivity index (χ1v) is 10.4. The maximum Gasteiger partial charge on any atom is 0.307 e. The van der Waals surface area contributed by atoms with E-state index in [1.165, 1.54) is 31.9 Å². The van der Waals surface area contributed by atoms with Crippen molar-refractivity contribution in [2.75, 3.05) is 5.32 Å². The highest BCUT2D eigenvalue weighted by Gasteiger charge is 2.39. The van der Waals surface area contributed by atoms with Gasteiger partial charge in [0.05, 0.1) is 5.41 Å². The lowest BCUT2D eigenvalue weighted by Gasteiger charge is -2.32. The van der Waals surface area contributed by atoms with E-state index < -0.39 is 17.4 Å². The molecule has 0 amide bonds. The summed E-state index contributed by atoms with van der Waals surface area (Å²) in [5.41, 5.74) is 1.88. The van der Waals surface area contributed by atoms with E-state index in [1.807, 2.05) is 18.2 Å². The van der Waals surface area contributed by atoms with Crippen LogP contribution in [-0.2, 0) is 4.79 Å². The highest BCUT2D eigenvalue weighted by atomic mass is 19.1. The van der Waals surface area contributed by atoms with Gasteiger partial charge in [0, 0.05) is 29.4 Å². The smallest absolute Gasteiger partial charge is 0.307 e. The topological polar surface area (TPSA) is 53.0 Å². The molecular weight excluding hydrogens is 363 g/mol. The Morgan fingerprint density at radius 2 is 1.90 bits per heavy atom. The molecule has 0 aliphatic heterocycles. The number of carbonyl (C=O) groups is 1. The predicted octanol–water partition coefficient (Wildman–Crippen LogP) is 6.72. The normalized spacial score (nSPS) is 17.1. The molecule has 1 saturated carbocycles. The Labute approximate surface area is 174 Å². The van der Waals surface area contributed by atoms with Crippen LogP contribution in [0.25, 0.3) is 0 Å². The molecule has 1 aromatic rings. The maximum absolute atomic E-state index is 14.0. The summed E-state index contributed by atoms with van der Waals surface area (Å²) in [7, 11) is 0. The molecule has 3 nitrogen and oxygen atoms in total. The van der Waals surface area contributed by atoms with Gasteiger partial charge in [-0.25, -0.2) is 0 Å². The van der Waals surface area contributed by atoms with E-state index >= 15 is 0 Å². The molecule has 156 valence electrons. The van der Waals surface area contributed by atoms with Gasteiger partial charge in [-0.3, -0.25) is 4.79 Å². The molecular formula is C25H33FN2O. The first-order valence-electron chi connectivity index (χ1n) is 10.4. The molecule has 1 aromatic carbocycles. The summed E-state index contributed by atoms with van der Waals surface area (Å²) >= 11 is 0. The third-order valence-corrected chi connectivity index (χ3v) is 5.89. The van der Waals surface area contributed by atoms with Crippen molar-refractivity contribution in [3.63, 3.8) is 0 Å². The number of nitrogens with one attached hydrogen (secondary N) is 2. The Kier molecular flexibility index (Phi) is 8.12. The molecule has 2 N–H and O–H groups in total. The van der Waals surface area contributed by atoms with Gasteiger partial charge in [0.1, 0.15) is 0 Å². The molecule has 0 bridgehead atoms. The Hall–Kier alpha value is -2.49. The first kappa shape index (κ1) is 22.8. The fourth-order valence-corrected chi connectivity index (χ4v) is 4.21. The molecule has 2 rings (SSSR count). The molecule has 1 fully saturated rings.